The molecule has 106 valence electrons. The fourth-order valence-electron chi connectivity index (χ4n) is 2.30. The van der Waals surface area contributed by atoms with E-state index in [0.29, 0.717) is 13.1 Å². The molecule has 20 heavy (non-hydrogen) atoms. The van der Waals surface area contributed by atoms with E-state index in [1.54, 1.807) is 18.7 Å². The number of benzene rings is 1. The number of carbonyl (C=O) groups is 1. The summed E-state index contributed by atoms with van der Waals surface area (Å²) in [7, 11) is 0. The number of para-hydroxylation sites is 1. The lowest BCUT2D eigenvalue weighted by molar-refractivity contribution is -0.137. The van der Waals surface area contributed by atoms with Gasteiger partial charge in [0.05, 0.1) is 16.8 Å². The molecule has 0 aliphatic carbocycles. The Hall–Kier alpha value is -1.73. The first-order valence-corrected chi connectivity index (χ1v) is 7.03. The summed E-state index contributed by atoms with van der Waals surface area (Å²) in [5, 5.41) is 9.76. The first kappa shape index (κ1) is 14.7. The number of anilines is 1. The van der Waals surface area contributed by atoms with Crippen LogP contribution in [0.15, 0.2) is 24.3 Å². The van der Waals surface area contributed by atoms with Crippen LogP contribution in [0.4, 0.5) is 5.69 Å². The van der Waals surface area contributed by atoms with Crippen LogP contribution in [-0.2, 0) is 4.79 Å². The molecule has 0 atom stereocenters. The highest BCUT2D eigenvalue weighted by Gasteiger charge is 2.33. The monoisotopic (exact) mass is 291 g/mol. The van der Waals surface area contributed by atoms with E-state index in [9.17, 15) is 4.79 Å². The van der Waals surface area contributed by atoms with Crippen LogP contribution < -0.4 is 4.90 Å². The van der Waals surface area contributed by atoms with Gasteiger partial charge >= 0.3 is 0 Å². The zero-order chi connectivity index (χ0) is 14.8. The van der Waals surface area contributed by atoms with Crippen molar-refractivity contribution in [2.24, 2.45) is 5.41 Å². The summed E-state index contributed by atoms with van der Waals surface area (Å²) >= 11 is 6.19. The van der Waals surface area contributed by atoms with Gasteiger partial charge in [-0.1, -0.05) is 23.7 Å². The molecular weight excluding hydrogens is 274 g/mol. The number of hydrogen-bond acceptors (Lipinski definition) is 3. The Morgan fingerprint density at radius 3 is 2.40 bits per heavy atom. The predicted molar refractivity (Wildman–Crippen MR) is 79.6 cm³/mol. The zero-order valence-corrected chi connectivity index (χ0v) is 12.5. The number of nitriles is 1. The molecule has 0 bridgehead atoms. The van der Waals surface area contributed by atoms with Gasteiger partial charge in [0.1, 0.15) is 5.41 Å². The first-order chi connectivity index (χ1) is 9.45. The highest BCUT2D eigenvalue weighted by molar-refractivity contribution is 6.33. The molecule has 1 aliphatic rings. The second kappa shape index (κ2) is 5.72. The van der Waals surface area contributed by atoms with Crippen molar-refractivity contribution in [2.45, 2.75) is 13.8 Å². The fraction of sp³-hybridized carbons (Fsp3) is 0.467. The Kier molecular flexibility index (Phi) is 4.20. The topological polar surface area (TPSA) is 47.3 Å². The molecule has 0 aromatic heterocycles. The van der Waals surface area contributed by atoms with Crippen LogP contribution in [0.25, 0.3) is 0 Å². The lowest BCUT2D eigenvalue weighted by Gasteiger charge is -2.38. The van der Waals surface area contributed by atoms with Gasteiger partial charge in [0.2, 0.25) is 5.91 Å². The molecule has 0 radical (unpaired) electrons. The minimum atomic E-state index is -0.952. The van der Waals surface area contributed by atoms with Crippen molar-refractivity contribution in [1.29, 1.82) is 5.26 Å². The van der Waals surface area contributed by atoms with Gasteiger partial charge in [-0.05, 0) is 26.0 Å². The van der Waals surface area contributed by atoms with Crippen molar-refractivity contribution in [3.63, 3.8) is 0 Å². The van der Waals surface area contributed by atoms with Gasteiger partial charge in [0, 0.05) is 26.2 Å². The average molecular weight is 292 g/mol. The molecular formula is C15H18ClN3O. The van der Waals surface area contributed by atoms with E-state index in [0.717, 1.165) is 23.8 Å². The Labute approximate surface area is 124 Å². The minimum Gasteiger partial charge on any atom is -0.367 e. The van der Waals surface area contributed by atoms with Crippen molar-refractivity contribution < 1.29 is 4.79 Å². The second-order valence-corrected chi connectivity index (χ2v) is 5.87. The molecule has 0 N–H and O–H groups in total. The highest BCUT2D eigenvalue weighted by atomic mass is 35.5. The normalized spacial score (nSPS) is 15.9. The Morgan fingerprint density at radius 2 is 1.85 bits per heavy atom. The molecule has 1 heterocycles. The number of amides is 1. The number of hydrogen-bond donors (Lipinski definition) is 0. The maximum Gasteiger partial charge on any atom is 0.242 e. The molecule has 1 aliphatic heterocycles. The summed E-state index contributed by atoms with van der Waals surface area (Å²) in [4.78, 5) is 16.2. The third kappa shape index (κ3) is 2.88. The predicted octanol–water partition coefficient (Wildman–Crippen LogP) is 2.54. The van der Waals surface area contributed by atoms with Gasteiger partial charge in [0.15, 0.2) is 0 Å². The van der Waals surface area contributed by atoms with Crippen LogP contribution in [0.2, 0.25) is 5.02 Å². The second-order valence-electron chi connectivity index (χ2n) is 5.47. The number of halogens is 1. The summed E-state index contributed by atoms with van der Waals surface area (Å²) in [6, 6.07) is 9.78. The van der Waals surface area contributed by atoms with Gasteiger partial charge in [-0.25, -0.2) is 0 Å². The molecule has 4 nitrogen and oxygen atoms in total. The summed E-state index contributed by atoms with van der Waals surface area (Å²) in [6.45, 7) is 6.03. The third-order valence-electron chi connectivity index (χ3n) is 3.57. The Morgan fingerprint density at radius 1 is 1.25 bits per heavy atom. The van der Waals surface area contributed by atoms with Crippen LogP contribution in [0.5, 0.6) is 0 Å². The van der Waals surface area contributed by atoms with Crippen LogP contribution in [0.3, 0.4) is 0 Å². The van der Waals surface area contributed by atoms with Crippen LogP contribution in [0, 0.1) is 16.7 Å². The Balaban J connectivity index is 2.02. The van der Waals surface area contributed by atoms with Crippen LogP contribution in [0.1, 0.15) is 13.8 Å². The van der Waals surface area contributed by atoms with Gasteiger partial charge in [-0.3, -0.25) is 4.79 Å². The molecule has 1 saturated heterocycles. The van der Waals surface area contributed by atoms with E-state index >= 15 is 0 Å². The summed E-state index contributed by atoms with van der Waals surface area (Å²) in [5.41, 5.74) is 0.0489. The van der Waals surface area contributed by atoms with Gasteiger partial charge in [0.25, 0.3) is 0 Å². The number of piperazine rings is 1. The lowest BCUT2D eigenvalue weighted by atomic mass is 9.93. The van der Waals surface area contributed by atoms with Gasteiger partial charge in [-0.15, -0.1) is 0 Å². The Bertz CT molecular complexity index is 542. The molecule has 0 saturated carbocycles. The van der Waals surface area contributed by atoms with E-state index in [1.807, 2.05) is 24.3 Å². The largest absolute Gasteiger partial charge is 0.367 e. The third-order valence-corrected chi connectivity index (χ3v) is 3.89. The van der Waals surface area contributed by atoms with Crippen LogP contribution in [-0.4, -0.2) is 37.0 Å². The van der Waals surface area contributed by atoms with E-state index in [2.05, 4.69) is 11.0 Å². The van der Waals surface area contributed by atoms with Gasteiger partial charge < -0.3 is 9.80 Å². The summed E-state index contributed by atoms with van der Waals surface area (Å²) < 4.78 is 0. The quantitative estimate of drug-likeness (QED) is 0.841. The van der Waals surface area contributed by atoms with Crippen molar-refractivity contribution >= 4 is 23.2 Å². The van der Waals surface area contributed by atoms with E-state index < -0.39 is 5.41 Å². The molecule has 1 aromatic rings. The van der Waals surface area contributed by atoms with Crippen molar-refractivity contribution in [1.82, 2.24) is 4.90 Å². The van der Waals surface area contributed by atoms with Crippen LogP contribution >= 0.6 is 11.6 Å². The number of carbonyl (C=O) groups excluding carboxylic acids is 1. The van der Waals surface area contributed by atoms with Crippen molar-refractivity contribution in [2.75, 3.05) is 31.1 Å². The van der Waals surface area contributed by atoms with E-state index in [1.165, 1.54) is 0 Å². The van der Waals surface area contributed by atoms with Crippen molar-refractivity contribution in [3.05, 3.63) is 29.3 Å². The minimum absolute atomic E-state index is 0.0983. The maximum absolute atomic E-state index is 12.2. The smallest absolute Gasteiger partial charge is 0.242 e. The molecule has 1 amide bonds. The zero-order valence-electron chi connectivity index (χ0n) is 11.8. The molecule has 0 spiro atoms. The average Bonchev–Trinajstić information content (AvgIpc) is 2.47. The SMILES string of the molecule is CC(C)(C#N)C(=O)N1CCN(c2ccccc2Cl)CC1. The van der Waals surface area contributed by atoms with Gasteiger partial charge in [-0.2, -0.15) is 5.26 Å². The molecule has 0 unspecified atom stereocenters. The van der Waals surface area contributed by atoms with Crippen molar-refractivity contribution in [3.8, 4) is 6.07 Å². The first-order valence-electron chi connectivity index (χ1n) is 6.66. The number of nitrogens with zero attached hydrogens (tertiary/aromatic N) is 3. The molecule has 2 rings (SSSR count). The summed E-state index contributed by atoms with van der Waals surface area (Å²) in [6.07, 6.45) is 0. The van der Waals surface area contributed by atoms with E-state index in [4.69, 9.17) is 16.9 Å². The highest BCUT2D eigenvalue weighted by Crippen LogP contribution is 2.27. The fourth-order valence-corrected chi connectivity index (χ4v) is 2.56. The summed E-state index contributed by atoms with van der Waals surface area (Å²) in [5.74, 6) is -0.0983. The number of rotatable bonds is 2. The molecule has 1 aromatic carbocycles. The standard InChI is InChI=1S/C15H18ClN3O/c1-15(2,11-17)14(20)19-9-7-18(8-10-19)13-6-4-3-5-12(13)16/h3-6H,7-10H2,1-2H3. The maximum atomic E-state index is 12.2. The molecule has 5 heteroatoms. The van der Waals surface area contributed by atoms with E-state index in [-0.39, 0.29) is 5.91 Å². The molecule has 1 fully saturated rings. The lowest BCUT2D eigenvalue weighted by Crippen LogP contribution is -2.52.